The number of rotatable bonds is 37. The predicted molar refractivity (Wildman–Crippen MR) is 427 cm³/mol. The molecule has 2 aromatic carbocycles. The van der Waals surface area contributed by atoms with Crippen molar-refractivity contribution in [3.05, 3.63) is 95.6 Å². The van der Waals surface area contributed by atoms with Gasteiger partial charge in [0.15, 0.2) is 0 Å². The number of likely N-dealkylation sites (tertiary alicyclic amines) is 2. The van der Waals surface area contributed by atoms with Gasteiger partial charge in [0.1, 0.15) is 58.2 Å². The number of benzene rings is 2. The molecule has 0 aromatic heterocycles. The van der Waals surface area contributed by atoms with Crippen molar-refractivity contribution in [2.45, 2.75) is 324 Å². The lowest BCUT2D eigenvalue weighted by Gasteiger charge is -2.29. The van der Waals surface area contributed by atoms with E-state index >= 15 is 0 Å². The molecule has 0 bridgehead atoms. The molecule has 4 aliphatic carbocycles. The van der Waals surface area contributed by atoms with Crippen molar-refractivity contribution in [2.24, 2.45) is 17.6 Å². The number of aliphatic carboxylic acids is 1. The highest BCUT2D eigenvalue weighted by atomic mass is 32.2. The number of amides is 7. The van der Waals surface area contributed by atoms with E-state index in [1.54, 1.807) is 71.9 Å². The molecular weight excluding hydrogens is 1550 g/mol. The van der Waals surface area contributed by atoms with Gasteiger partial charge in [0.25, 0.3) is 11.8 Å². The van der Waals surface area contributed by atoms with Gasteiger partial charge >= 0.3 is 42.3 Å². The summed E-state index contributed by atoms with van der Waals surface area (Å²) in [6.07, 6.45) is 21.1. The molecule has 2 aromatic rings. The molecule has 0 unspecified atom stereocenters. The predicted octanol–water partition coefficient (Wildman–Crippen LogP) is 12.9. The average Bonchev–Trinajstić information content (AvgIpc) is 1.56. The third-order valence-electron chi connectivity index (χ3n) is 22.8. The lowest BCUT2D eigenvalue weighted by Crippen LogP contribution is -2.57. The minimum Gasteiger partial charge on any atom is -0.480 e. The number of nitrogens with zero attached hydrogens (tertiary/aromatic N) is 4. The van der Waals surface area contributed by atoms with Crippen LogP contribution >= 0.6 is 0 Å². The number of methoxy groups -OCH3 is 2. The second-order valence-electron chi connectivity index (χ2n) is 33.9. The van der Waals surface area contributed by atoms with Crippen molar-refractivity contribution in [3.8, 4) is 0 Å². The summed E-state index contributed by atoms with van der Waals surface area (Å²) in [4.78, 5) is 130. The number of ether oxygens (including phenoxy) is 6. The van der Waals surface area contributed by atoms with Crippen molar-refractivity contribution in [1.29, 1.82) is 0 Å². The van der Waals surface area contributed by atoms with Crippen LogP contribution in [0.3, 0.4) is 0 Å². The van der Waals surface area contributed by atoms with Crippen LogP contribution in [0.1, 0.15) is 264 Å². The summed E-state index contributed by atoms with van der Waals surface area (Å²) in [5.41, 5.74) is 3.80. The fourth-order valence-electron chi connectivity index (χ4n) is 15.3. The minimum absolute atomic E-state index is 0. The van der Waals surface area contributed by atoms with E-state index in [0.717, 1.165) is 113 Å². The fraction of sp³-hybridized carbons (Fsp3) is 0.687. The van der Waals surface area contributed by atoms with E-state index in [9.17, 15) is 78.7 Å². The van der Waals surface area contributed by atoms with E-state index in [2.05, 4.69) is 37.4 Å². The van der Waals surface area contributed by atoms with Gasteiger partial charge < -0.3 is 44.6 Å². The number of unbranched alkanes of at least 4 members (excludes halogenated alkanes) is 16. The van der Waals surface area contributed by atoms with Gasteiger partial charge in [0.05, 0.1) is 49.9 Å². The molecule has 4 heterocycles. The van der Waals surface area contributed by atoms with Crippen LogP contribution in [0.5, 0.6) is 0 Å². The van der Waals surface area contributed by atoms with Crippen molar-refractivity contribution < 1.29 is 107 Å². The van der Waals surface area contributed by atoms with E-state index in [1.165, 1.54) is 48.6 Å². The third kappa shape index (κ3) is 25.5. The standard InChI is InChI=1S/C41H59FN4O10S.C22H38N2O5S.C19H23FN2O6.CH4/c1-6-29-24-41(29,36(49)44-57(52,53)40(21-22-40)20-15-13-11-9-7-8-10-12-14-19-34(47)54-5)43-35(48)33-23-30(26-46(33)38(51)56-39(2,3)4)55-37(50)45-25-28-17-16-18-32(42)31(28)27-45;1-3-18-17-22(18,23)20(26)24-30(27,28)21(15-16-21)14-12-10-8-6-4-5-7-9-11-13-19(25)29-2;1-19(2,3)28-18(26)22-9-12(7-15(22)16(23)24)27-17(25)21-8-11-5-4-6-14(20)13(11)10-21;/h6,16-18,29-30,33H,1,7-15,19-27H2,2-5H3,(H,43,48)(H,44,49);3,18H,1,4-17,23H2,2H3,(H,24,26);4-6,12,15H,7-10H2,1-3H3,(H,23,24);1H4/t29-,30-,33+,41-;18-,22-;12-,15+;/m111./s1. The van der Waals surface area contributed by atoms with Gasteiger partial charge in [0, 0.05) is 61.7 Å². The van der Waals surface area contributed by atoms with E-state index in [-0.39, 0.29) is 89.6 Å². The first-order valence-electron chi connectivity index (χ1n) is 40.5. The monoisotopic (exact) mass is 1670 g/mol. The summed E-state index contributed by atoms with van der Waals surface area (Å²) >= 11 is 0. The Hall–Kier alpha value is -8.46. The summed E-state index contributed by atoms with van der Waals surface area (Å²) < 4.78 is 115. The molecule has 0 spiro atoms. The topological polar surface area (TPSA) is 390 Å². The molecule has 6 fully saturated rings. The van der Waals surface area contributed by atoms with Gasteiger partial charge in [-0.05, 0) is 129 Å². The highest BCUT2D eigenvalue weighted by Gasteiger charge is 2.64. The number of nitrogens with two attached hydrogens (primary N) is 1. The SMILES string of the molecule is C.C=C[C@@H]1C[C@]1(N)C(=O)NS(=O)(=O)C1(CCCCCCCCCCCC(=O)OC)CC1.C=C[C@@H]1C[C@]1(NC(=O)[C@@H]1C[C@@H](OC(=O)N2Cc3cccc(F)c3C2)CN1C(=O)OC(C)(C)C)C(=O)NS(=O)(=O)C1(CCCCCCCCCCCC(=O)OC)CC1.CC(C)(C)OC(=O)N1C[C@H](OC(=O)N2Cc3cccc(F)c3C2)C[C@H]1C(=O)O. The van der Waals surface area contributed by atoms with Gasteiger partial charge in [-0.2, -0.15) is 0 Å². The zero-order valence-electron chi connectivity index (χ0n) is 68.0. The lowest BCUT2D eigenvalue weighted by atomic mass is 10.0. The van der Waals surface area contributed by atoms with Crippen LogP contribution < -0.4 is 20.5 Å². The van der Waals surface area contributed by atoms with Gasteiger partial charge in [-0.3, -0.25) is 53.0 Å². The number of carboxylic acid groups (broad SMARTS) is 1. The molecule has 2 saturated heterocycles. The van der Waals surface area contributed by atoms with Crippen LogP contribution in [-0.4, -0.2) is 185 Å². The summed E-state index contributed by atoms with van der Waals surface area (Å²) in [5, 5.41) is 12.1. The van der Waals surface area contributed by atoms with Gasteiger partial charge in [-0.1, -0.05) is 147 Å². The average molecular weight is 1670 g/mol. The number of esters is 2. The first kappa shape index (κ1) is 94.7. The summed E-state index contributed by atoms with van der Waals surface area (Å²) in [7, 11) is -4.96. The Morgan fingerprint density at radius 2 is 0.905 bits per heavy atom. The molecule has 4 saturated carbocycles. The molecule has 4 aliphatic heterocycles. The highest BCUT2D eigenvalue weighted by Crippen LogP contribution is 2.51. The Labute approximate surface area is 682 Å². The zero-order chi connectivity index (χ0) is 84.5. The highest BCUT2D eigenvalue weighted by molar-refractivity contribution is 7.92. The van der Waals surface area contributed by atoms with Crippen LogP contribution in [-0.2, 0) is 103 Å². The number of hydrogen-bond donors (Lipinski definition) is 5. The number of carbonyl (C=O) groups is 10. The molecule has 6 N–H and O–H groups in total. The molecule has 116 heavy (non-hydrogen) atoms. The van der Waals surface area contributed by atoms with Crippen molar-refractivity contribution in [3.63, 3.8) is 0 Å². The largest absolute Gasteiger partial charge is 0.480 e. The smallest absolute Gasteiger partial charge is 0.411 e. The van der Waals surface area contributed by atoms with Gasteiger partial charge in [-0.15, -0.1) is 13.2 Å². The van der Waals surface area contributed by atoms with Crippen molar-refractivity contribution in [1.82, 2.24) is 34.4 Å². The number of sulfonamides is 2. The molecule has 10 rings (SSSR count). The number of nitrogens with one attached hydrogen (secondary N) is 3. The van der Waals surface area contributed by atoms with Crippen molar-refractivity contribution >= 4 is 80.0 Å². The molecule has 8 aliphatic rings. The first-order valence-corrected chi connectivity index (χ1v) is 43.5. The maximum Gasteiger partial charge on any atom is 0.411 e. The molecule has 29 nitrogen and oxygen atoms in total. The quantitative estimate of drug-likeness (QED) is 0.0181. The Morgan fingerprint density at radius 1 is 0.534 bits per heavy atom. The molecule has 33 heteroatoms. The van der Waals surface area contributed by atoms with E-state index in [0.29, 0.717) is 86.5 Å². The van der Waals surface area contributed by atoms with Gasteiger partial charge in [0.2, 0.25) is 26.0 Å². The first-order chi connectivity index (χ1) is 54.2. The van der Waals surface area contributed by atoms with Crippen LogP contribution in [0, 0.1) is 23.5 Å². The van der Waals surface area contributed by atoms with Crippen LogP contribution in [0.2, 0.25) is 0 Å². The number of hydrogen-bond acceptors (Lipinski definition) is 21. The summed E-state index contributed by atoms with van der Waals surface area (Å²) in [6, 6.07) is 6.93. The minimum atomic E-state index is -4.08. The zero-order valence-corrected chi connectivity index (χ0v) is 69.6. The van der Waals surface area contributed by atoms with E-state index in [4.69, 9.17) is 24.7 Å². The van der Waals surface area contributed by atoms with Crippen LogP contribution in [0.15, 0.2) is 61.7 Å². The summed E-state index contributed by atoms with van der Waals surface area (Å²) in [5.74, 6) is -5.19. The van der Waals surface area contributed by atoms with Crippen LogP contribution in [0.25, 0.3) is 0 Å². The van der Waals surface area contributed by atoms with Crippen molar-refractivity contribution in [2.75, 3.05) is 27.3 Å². The Bertz CT molecular complexity index is 4090. The van der Waals surface area contributed by atoms with E-state index in [1.807, 2.05) is 0 Å². The third-order valence-corrected chi connectivity index (χ3v) is 27.2. The lowest BCUT2D eigenvalue weighted by molar-refractivity contribution is -0.142. The fourth-order valence-corrected chi connectivity index (χ4v) is 18.7. The second kappa shape index (κ2) is 40.8. The normalized spacial score (nSPS) is 22.9. The number of carboxylic acids is 1. The molecule has 648 valence electrons. The Balaban J connectivity index is 0.000000265. The number of fused-ring (bicyclic) bond motifs is 2. The molecular formula is C83H124F2N8O21S2. The molecule has 7 amide bonds. The maximum absolute atomic E-state index is 14.3. The number of carbonyl (C=O) groups excluding carboxylic acids is 9. The summed E-state index contributed by atoms with van der Waals surface area (Å²) in [6.45, 7) is 17.7. The Kier molecular flexibility index (Phi) is 33.3. The van der Waals surface area contributed by atoms with Crippen LogP contribution in [0.4, 0.5) is 28.0 Å². The molecule has 0 radical (unpaired) electrons. The van der Waals surface area contributed by atoms with E-state index < -0.39 is 136 Å². The molecule has 8 atom stereocenters. The Morgan fingerprint density at radius 3 is 1.25 bits per heavy atom. The number of halogens is 2. The van der Waals surface area contributed by atoms with Gasteiger partial charge in [-0.25, -0.2) is 49.6 Å². The second-order valence-corrected chi connectivity index (χ2v) is 38.1. The maximum atomic E-state index is 14.3.